The van der Waals surface area contributed by atoms with Gasteiger partial charge in [-0.2, -0.15) is 0 Å². The van der Waals surface area contributed by atoms with Gasteiger partial charge in [-0.1, -0.05) is 53.5 Å². The van der Waals surface area contributed by atoms with Crippen LogP contribution in [0.3, 0.4) is 0 Å². The summed E-state index contributed by atoms with van der Waals surface area (Å²) in [6.45, 7) is 6.23. The third-order valence-corrected chi connectivity index (χ3v) is 6.23. The predicted molar refractivity (Wildman–Crippen MR) is 148 cm³/mol. The molecular weight excluding hydrogens is 527 g/mol. The van der Waals surface area contributed by atoms with Crippen LogP contribution in [0.4, 0.5) is 10.5 Å². The summed E-state index contributed by atoms with van der Waals surface area (Å²) < 4.78 is 12.0. The van der Waals surface area contributed by atoms with Gasteiger partial charge in [-0.3, -0.25) is 14.9 Å². The number of ether oxygens (including phenoxy) is 2. The molecule has 0 radical (unpaired) electrons. The van der Waals surface area contributed by atoms with E-state index in [4.69, 9.17) is 32.7 Å². The van der Waals surface area contributed by atoms with Crippen molar-refractivity contribution in [2.24, 2.45) is 0 Å². The number of hydrogen-bond donors (Lipinski definition) is 1. The fraction of sp³-hybridized carbons (Fsp3) is 0.138. The maximum absolute atomic E-state index is 13.3. The molecule has 1 saturated heterocycles. The minimum atomic E-state index is -0.856. The molecule has 3 aromatic rings. The molecule has 0 unspecified atom stereocenters. The third kappa shape index (κ3) is 5.90. The number of urea groups is 1. The zero-order valence-electron chi connectivity index (χ0n) is 20.5. The lowest BCUT2D eigenvalue weighted by Crippen LogP contribution is -2.54. The summed E-state index contributed by atoms with van der Waals surface area (Å²) in [4.78, 5) is 39.4. The molecule has 0 bridgehead atoms. The van der Waals surface area contributed by atoms with Crippen molar-refractivity contribution in [3.05, 3.63) is 106 Å². The Hall–Kier alpha value is -4.07. The number of amides is 4. The summed E-state index contributed by atoms with van der Waals surface area (Å²) in [7, 11) is 0. The lowest BCUT2D eigenvalue weighted by Gasteiger charge is -2.26. The minimum absolute atomic E-state index is 0.210. The molecule has 0 saturated carbocycles. The first-order valence-corrected chi connectivity index (χ1v) is 12.5. The number of nitrogens with one attached hydrogen (secondary N) is 1. The van der Waals surface area contributed by atoms with Crippen LogP contribution in [0.15, 0.2) is 78.9 Å². The Balaban J connectivity index is 1.73. The molecule has 4 rings (SSSR count). The summed E-state index contributed by atoms with van der Waals surface area (Å²) in [6, 6.07) is 16.2. The number of benzene rings is 3. The van der Waals surface area contributed by atoms with Crippen LogP contribution in [0.1, 0.15) is 23.6 Å². The number of imide groups is 2. The van der Waals surface area contributed by atoms with E-state index in [2.05, 4.69) is 11.9 Å². The fourth-order valence-electron chi connectivity index (χ4n) is 3.94. The zero-order valence-corrected chi connectivity index (χ0v) is 22.0. The summed E-state index contributed by atoms with van der Waals surface area (Å²) in [5.41, 5.74) is 2.07. The highest BCUT2D eigenvalue weighted by Gasteiger charge is 2.37. The standard InChI is InChI=1S/C29H24Cl2N2O5/c1-3-8-19-13-18(15-25(37-4-2)26(19)38-17-20-9-5-6-12-24(20)31)14-23-27(34)32-29(36)33(28(23)35)22-11-7-10-21(30)16-22/h3,5-7,9-16H,1,4,8,17H2,2H3,(H,32,34,36)/b23-14+. The molecule has 194 valence electrons. The second kappa shape index (κ2) is 12.0. The Labute approximate surface area is 230 Å². The molecule has 0 aliphatic carbocycles. The number of carbonyl (C=O) groups is 3. The highest BCUT2D eigenvalue weighted by Crippen LogP contribution is 2.36. The normalized spacial score (nSPS) is 14.4. The molecule has 1 aliphatic heterocycles. The molecule has 0 atom stereocenters. The molecular formula is C29H24Cl2N2O5. The Kier molecular flexibility index (Phi) is 8.51. The van der Waals surface area contributed by atoms with Crippen LogP contribution in [0.5, 0.6) is 11.5 Å². The van der Waals surface area contributed by atoms with E-state index in [-0.39, 0.29) is 17.9 Å². The smallest absolute Gasteiger partial charge is 0.335 e. The van der Waals surface area contributed by atoms with Gasteiger partial charge in [0, 0.05) is 21.2 Å². The highest BCUT2D eigenvalue weighted by atomic mass is 35.5. The Morgan fingerprint density at radius 3 is 2.47 bits per heavy atom. The van der Waals surface area contributed by atoms with Gasteiger partial charge in [0.15, 0.2) is 11.5 Å². The largest absolute Gasteiger partial charge is 0.490 e. The number of anilines is 1. The van der Waals surface area contributed by atoms with Crippen LogP contribution in [0.2, 0.25) is 10.0 Å². The Bertz CT molecular complexity index is 1450. The fourth-order valence-corrected chi connectivity index (χ4v) is 4.31. The molecule has 1 fully saturated rings. The molecule has 7 nitrogen and oxygen atoms in total. The molecule has 38 heavy (non-hydrogen) atoms. The molecule has 0 spiro atoms. The third-order valence-electron chi connectivity index (χ3n) is 5.63. The van der Waals surface area contributed by atoms with Crippen LogP contribution in [0, 0.1) is 0 Å². The van der Waals surface area contributed by atoms with Gasteiger partial charge >= 0.3 is 6.03 Å². The SMILES string of the molecule is C=CCc1cc(/C=C2\C(=O)NC(=O)N(c3cccc(Cl)c3)C2=O)cc(OCC)c1OCc1ccccc1Cl. The first kappa shape index (κ1) is 27.0. The van der Waals surface area contributed by atoms with Crippen molar-refractivity contribution in [1.82, 2.24) is 5.32 Å². The average molecular weight is 551 g/mol. The lowest BCUT2D eigenvalue weighted by molar-refractivity contribution is -0.122. The van der Waals surface area contributed by atoms with E-state index in [1.165, 1.54) is 12.1 Å². The summed E-state index contributed by atoms with van der Waals surface area (Å²) in [5.74, 6) is -0.648. The van der Waals surface area contributed by atoms with Crippen molar-refractivity contribution in [1.29, 1.82) is 0 Å². The second-order valence-electron chi connectivity index (χ2n) is 8.25. The van der Waals surface area contributed by atoms with E-state index in [1.807, 2.05) is 25.1 Å². The molecule has 0 aromatic heterocycles. The van der Waals surface area contributed by atoms with Gasteiger partial charge in [0.25, 0.3) is 11.8 Å². The van der Waals surface area contributed by atoms with Crippen LogP contribution in [-0.2, 0) is 22.6 Å². The van der Waals surface area contributed by atoms with E-state index in [9.17, 15) is 14.4 Å². The molecule has 1 aliphatic rings. The van der Waals surface area contributed by atoms with Crippen molar-refractivity contribution >= 4 is 52.8 Å². The van der Waals surface area contributed by atoms with Gasteiger partial charge < -0.3 is 9.47 Å². The van der Waals surface area contributed by atoms with E-state index in [0.29, 0.717) is 40.1 Å². The molecule has 9 heteroatoms. The number of carbonyl (C=O) groups excluding carboxylic acids is 3. The monoisotopic (exact) mass is 550 g/mol. The van der Waals surface area contributed by atoms with Crippen LogP contribution >= 0.6 is 23.2 Å². The first-order chi connectivity index (χ1) is 18.3. The second-order valence-corrected chi connectivity index (χ2v) is 9.09. The van der Waals surface area contributed by atoms with Crippen molar-refractivity contribution in [3.8, 4) is 11.5 Å². The van der Waals surface area contributed by atoms with Crippen molar-refractivity contribution in [2.45, 2.75) is 20.0 Å². The molecule has 3 aromatic carbocycles. The Morgan fingerprint density at radius 2 is 1.76 bits per heavy atom. The first-order valence-electron chi connectivity index (χ1n) is 11.8. The van der Waals surface area contributed by atoms with E-state index in [1.54, 1.807) is 42.5 Å². The van der Waals surface area contributed by atoms with Gasteiger partial charge in [0.1, 0.15) is 12.2 Å². The van der Waals surface area contributed by atoms with Gasteiger partial charge in [-0.15, -0.1) is 6.58 Å². The van der Waals surface area contributed by atoms with Gasteiger partial charge in [0.05, 0.1) is 12.3 Å². The Morgan fingerprint density at radius 1 is 0.974 bits per heavy atom. The summed E-state index contributed by atoms with van der Waals surface area (Å²) >= 11 is 12.3. The number of barbiturate groups is 1. The maximum atomic E-state index is 13.3. The van der Waals surface area contributed by atoms with Gasteiger partial charge in [0.2, 0.25) is 0 Å². The zero-order chi connectivity index (χ0) is 27.2. The van der Waals surface area contributed by atoms with Crippen molar-refractivity contribution in [2.75, 3.05) is 11.5 Å². The lowest BCUT2D eigenvalue weighted by atomic mass is 10.0. The highest BCUT2D eigenvalue weighted by molar-refractivity contribution is 6.39. The predicted octanol–water partition coefficient (Wildman–Crippen LogP) is 6.37. The summed E-state index contributed by atoms with van der Waals surface area (Å²) in [6.07, 6.45) is 3.55. The van der Waals surface area contributed by atoms with Gasteiger partial charge in [-0.05, 0) is 61.4 Å². The average Bonchev–Trinajstić information content (AvgIpc) is 2.87. The number of hydrogen-bond acceptors (Lipinski definition) is 5. The summed E-state index contributed by atoms with van der Waals surface area (Å²) in [5, 5.41) is 3.14. The number of halogens is 2. The van der Waals surface area contributed by atoms with E-state index in [0.717, 1.165) is 16.0 Å². The molecule has 4 amide bonds. The van der Waals surface area contributed by atoms with Crippen LogP contribution in [0.25, 0.3) is 6.08 Å². The topological polar surface area (TPSA) is 84.9 Å². The van der Waals surface area contributed by atoms with Crippen molar-refractivity contribution in [3.63, 3.8) is 0 Å². The number of rotatable bonds is 9. The number of nitrogens with zero attached hydrogens (tertiary/aromatic N) is 1. The van der Waals surface area contributed by atoms with Gasteiger partial charge in [-0.25, -0.2) is 9.69 Å². The quantitative estimate of drug-likeness (QED) is 0.190. The van der Waals surface area contributed by atoms with Crippen LogP contribution in [-0.4, -0.2) is 24.5 Å². The minimum Gasteiger partial charge on any atom is -0.490 e. The van der Waals surface area contributed by atoms with E-state index < -0.39 is 17.8 Å². The number of allylic oxidation sites excluding steroid dienone is 1. The van der Waals surface area contributed by atoms with E-state index >= 15 is 0 Å². The van der Waals surface area contributed by atoms with Crippen molar-refractivity contribution < 1.29 is 23.9 Å². The maximum Gasteiger partial charge on any atom is 0.335 e. The van der Waals surface area contributed by atoms with Crippen LogP contribution < -0.4 is 19.7 Å². The molecule has 1 heterocycles. The molecule has 1 N–H and O–H groups in total.